The van der Waals surface area contributed by atoms with Gasteiger partial charge in [0.2, 0.25) is 0 Å². The third kappa shape index (κ3) is 4.11. The second-order valence-electron chi connectivity index (χ2n) is 4.37. The molecule has 0 aliphatic carbocycles. The van der Waals surface area contributed by atoms with Gasteiger partial charge in [0.1, 0.15) is 0 Å². The smallest absolute Gasteiger partial charge is 0.317 e. The first-order valence-electron chi connectivity index (χ1n) is 5.80. The molecule has 1 rings (SSSR count). The van der Waals surface area contributed by atoms with Crippen LogP contribution in [-0.2, 0) is 4.79 Å². The Balaban J connectivity index is 2.14. The van der Waals surface area contributed by atoms with E-state index in [-0.39, 0.29) is 17.9 Å². The second kappa shape index (κ2) is 6.74. The van der Waals surface area contributed by atoms with Gasteiger partial charge in [0.15, 0.2) is 0 Å². The molecule has 0 aromatic heterocycles. The molecule has 5 nitrogen and oxygen atoms in total. The van der Waals surface area contributed by atoms with Crippen LogP contribution >= 0.6 is 11.8 Å². The van der Waals surface area contributed by atoms with E-state index in [0.29, 0.717) is 19.6 Å². The number of nitrogens with one attached hydrogen (secondary N) is 1. The molecule has 1 atom stereocenters. The van der Waals surface area contributed by atoms with E-state index in [2.05, 4.69) is 5.32 Å². The van der Waals surface area contributed by atoms with Crippen LogP contribution in [0.5, 0.6) is 0 Å². The van der Waals surface area contributed by atoms with Crippen molar-refractivity contribution in [2.75, 3.05) is 31.6 Å². The molecule has 1 heterocycles. The zero-order valence-corrected chi connectivity index (χ0v) is 11.1. The molecule has 1 aliphatic rings. The Morgan fingerprint density at radius 3 is 2.71 bits per heavy atom. The molecule has 0 aromatic carbocycles. The monoisotopic (exact) mass is 260 g/mol. The fraction of sp³-hybridized carbons (Fsp3) is 0.818. The minimum Gasteiger partial charge on any atom is -0.481 e. The summed E-state index contributed by atoms with van der Waals surface area (Å²) < 4.78 is 0. The quantitative estimate of drug-likeness (QED) is 0.702. The Hall–Kier alpha value is -0.910. The van der Waals surface area contributed by atoms with E-state index in [1.165, 1.54) is 0 Å². The molecular weight excluding hydrogens is 240 g/mol. The van der Waals surface area contributed by atoms with Crippen LogP contribution in [0.3, 0.4) is 0 Å². The second-order valence-corrected chi connectivity index (χ2v) is 5.36. The number of amides is 2. The average Bonchev–Trinajstić information content (AvgIpc) is 2.22. The highest BCUT2D eigenvalue weighted by Crippen LogP contribution is 2.23. The van der Waals surface area contributed by atoms with Crippen LogP contribution in [0.1, 0.15) is 13.3 Å². The third-order valence-electron chi connectivity index (χ3n) is 3.10. The van der Waals surface area contributed by atoms with Gasteiger partial charge >= 0.3 is 12.0 Å². The molecule has 1 saturated heterocycles. The van der Waals surface area contributed by atoms with Crippen molar-refractivity contribution in [2.45, 2.75) is 13.3 Å². The SMILES string of the molecule is CSCCCNC(=O)N1CC(C(C)C(=O)O)C1. The van der Waals surface area contributed by atoms with E-state index in [1.54, 1.807) is 23.6 Å². The van der Waals surface area contributed by atoms with Crippen LogP contribution in [0.4, 0.5) is 4.79 Å². The number of urea groups is 1. The fourth-order valence-electron chi connectivity index (χ4n) is 1.72. The lowest BCUT2D eigenvalue weighted by molar-refractivity contribution is -0.144. The van der Waals surface area contributed by atoms with Gasteiger partial charge in [-0.2, -0.15) is 11.8 Å². The summed E-state index contributed by atoms with van der Waals surface area (Å²) in [6, 6.07) is -0.0695. The van der Waals surface area contributed by atoms with Crippen molar-refractivity contribution in [3.8, 4) is 0 Å². The number of hydrogen-bond acceptors (Lipinski definition) is 3. The highest BCUT2D eigenvalue weighted by atomic mass is 32.2. The van der Waals surface area contributed by atoms with E-state index >= 15 is 0 Å². The van der Waals surface area contributed by atoms with Crippen LogP contribution in [0.25, 0.3) is 0 Å². The molecule has 2 amide bonds. The highest BCUT2D eigenvalue weighted by molar-refractivity contribution is 7.98. The first kappa shape index (κ1) is 14.2. The summed E-state index contributed by atoms with van der Waals surface area (Å²) in [6.07, 6.45) is 3.00. The largest absolute Gasteiger partial charge is 0.481 e. The molecule has 17 heavy (non-hydrogen) atoms. The molecule has 0 spiro atoms. The minimum absolute atomic E-state index is 0.0695. The molecule has 0 saturated carbocycles. The molecule has 0 bridgehead atoms. The first-order valence-corrected chi connectivity index (χ1v) is 7.20. The van der Waals surface area contributed by atoms with E-state index < -0.39 is 5.97 Å². The van der Waals surface area contributed by atoms with Gasteiger partial charge in [-0.3, -0.25) is 4.79 Å². The summed E-state index contributed by atoms with van der Waals surface area (Å²) in [5, 5.41) is 11.7. The number of carboxylic acids is 1. The van der Waals surface area contributed by atoms with Gasteiger partial charge in [0, 0.05) is 25.6 Å². The molecule has 2 N–H and O–H groups in total. The molecule has 1 unspecified atom stereocenters. The summed E-state index contributed by atoms with van der Waals surface area (Å²) in [7, 11) is 0. The predicted molar refractivity (Wildman–Crippen MR) is 68.3 cm³/mol. The fourth-order valence-corrected chi connectivity index (χ4v) is 2.15. The van der Waals surface area contributed by atoms with Gasteiger partial charge < -0.3 is 15.3 Å². The molecular formula is C11H20N2O3S. The van der Waals surface area contributed by atoms with Gasteiger partial charge in [-0.15, -0.1) is 0 Å². The summed E-state index contributed by atoms with van der Waals surface area (Å²) in [6.45, 7) is 3.50. The topological polar surface area (TPSA) is 69.6 Å². The Bertz CT molecular complexity index is 280. The molecule has 0 aromatic rings. The van der Waals surface area contributed by atoms with E-state index in [4.69, 9.17) is 5.11 Å². The summed E-state index contributed by atoms with van der Waals surface area (Å²) in [5.74, 6) is -0.00565. The minimum atomic E-state index is -0.782. The van der Waals surface area contributed by atoms with Crippen molar-refractivity contribution < 1.29 is 14.7 Å². The van der Waals surface area contributed by atoms with Crippen molar-refractivity contribution in [3.05, 3.63) is 0 Å². The van der Waals surface area contributed by atoms with E-state index in [9.17, 15) is 9.59 Å². The maximum Gasteiger partial charge on any atom is 0.317 e. The molecule has 6 heteroatoms. The van der Waals surface area contributed by atoms with Gasteiger partial charge in [-0.25, -0.2) is 4.79 Å². The number of hydrogen-bond donors (Lipinski definition) is 2. The van der Waals surface area contributed by atoms with Gasteiger partial charge in [-0.1, -0.05) is 6.92 Å². The number of carbonyl (C=O) groups is 2. The number of rotatable bonds is 6. The zero-order chi connectivity index (χ0) is 12.8. The predicted octanol–water partition coefficient (Wildman–Crippen LogP) is 1.10. The normalized spacial score (nSPS) is 17.4. The van der Waals surface area contributed by atoms with Crippen LogP contribution in [0, 0.1) is 11.8 Å². The van der Waals surface area contributed by atoms with Crippen molar-refractivity contribution in [1.82, 2.24) is 10.2 Å². The number of likely N-dealkylation sites (tertiary alicyclic amines) is 1. The number of thioether (sulfide) groups is 1. The van der Waals surface area contributed by atoms with E-state index in [0.717, 1.165) is 12.2 Å². The standard InChI is InChI=1S/C11H20N2O3S/c1-8(10(14)15)9-6-13(7-9)11(16)12-4-3-5-17-2/h8-9H,3-7H2,1-2H3,(H,12,16)(H,14,15). The Morgan fingerprint density at radius 1 is 1.53 bits per heavy atom. The van der Waals surface area contributed by atoms with Crippen LogP contribution in [0.15, 0.2) is 0 Å². The average molecular weight is 260 g/mol. The maximum absolute atomic E-state index is 11.6. The molecule has 98 valence electrons. The van der Waals surface area contributed by atoms with Gasteiger partial charge in [0.05, 0.1) is 5.92 Å². The number of carboxylic acid groups (broad SMARTS) is 1. The Kier molecular flexibility index (Phi) is 5.61. The highest BCUT2D eigenvalue weighted by Gasteiger charge is 2.36. The zero-order valence-electron chi connectivity index (χ0n) is 10.3. The van der Waals surface area contributed by atoms with Crippen molar-refractivity contribution in [2.24, 2.45) is 11.8 Å². The third-order valence-corrected chi connectivity index (χ3v) is 3.79. The molecule has 1 aliphatic heterocycles. The molecule has 0 radical (unpaired) electrons. The lowest BCUT2D eigenvalue weighted by Crippen LogP contribution is -2.56. The van der Waals surface area contributed by atoms with Gasteiger partial charge in [-0.05, 0) is 18.4 Å². The number of nitrogens with zero attached hydrogens (tertiary/aromatic N) is 1. The van der Waals surface area contributed by atoms with Crippen LogP contribution in [-0.4, -0.2) is 53.6 Å². The lowest BCUT2D eigenvalue weighted by atomic mass is 9.87. The summed E-state index contributed by atoms with van der Waals surface area (Å²) in [5.41, 5.74) is 0. The Labute approximate surface area is 106 Å². The van der Waals surface area contributed by atoms with Crippen molar-refractivity contribution in [1.29, 1.82) is 0 Å². The van der Waals surface area contributed by atoms with Gasteiger partial charge in [0.25, 0.3) is 0 Å². The van der Waals surface area contributed by atoms with E-state index in [1.807, 2.05) is 6.26 Å². The summed E-state index contributed by atoms with van der Waals surface area (Å²) in [4.78, 5) is 24.0. The molecule has 1 fully saturated rings. The lowest BCUT2D eigenvalue weighted by Gasteiger charge is -2.41. The van der Waals surface area contributed by atoms with Crippen molar-refractivity contribution in [3.63, 3.8) is 0 Å². The summed E-state index contributed by atoms with van der Waals surface area (Å²) >= 11 is 1.76. The van der Waals surface area contributed by atoms with Crippen LogP contribution < -0.4 is 5.32 Å². The van der Waals surface area contributed by atoms with Crippen LogP contribution in [0.2, 0.25) is 0 Å². The number of aliphatic carboxylic acids is 1. The Morgan fingerprint density at radius 2 is 2.18 bits per heavy atom. The first-order chi connectivity index (χ1) is 8.06. The van der Waals surface area contributed by atoms with Crippen molar-refractivity contribution >= 4 is 23.8 Å². The number of carbonyl (C=O) groups excluding carboxylic acids is 1. The maximum atomic E-state index is 11.6.